The molecule has 0 fully saturated rings. The van der Waals surface area contributed by atoms with Crippen molar-refractivity contribution in [1.29, 1.82) is 0 Å². The molecule has 8 nitrogen and oxygen atoms in total. The number of carbonyl (C=O) groups is 1. The Labute approximate surface area is 132 Å². The highest BCUT2D eigenvalue weighted by molar-refractivity contribution is 5.91. The maximum Gasteiger partial charge on any atom is 0.231 e. The van der Waals surface area contributed by atoms with Crippen LogP contribution in [-0.4, -0.2) is 30.8 Å². The summed E-state index contributed by atoms with van der Waals surface area (Å²) in [6.45, 7) is 5.55. The summed E-state index contributed by atoms with van der Waals surface area (Å²) < 4.78 is 6.32. The van der Waals surface area contributed by atoms with E-state index in [0.29, 0.717) is 23.2 Å². The van der Waals surface area contributed by atoms with Crippen LogP contribution in [0, 0.1) is 20.8 Å². The zero-order valence-electron chi connectivity index (χ0n) is 13.1. The molecule has 8 heteroatoms. The van der Waals surface area contributed by atoms with Crippen molar-refractivity contribution in [2.45, 2.75) is 27.2 Å². The molecule has 0 aliphatic heterocycles. The van der Waals surface area contributed by atoms with Crippen LogP contribution in [-0.2, 0) is 11.2 Å². The monoisotopic (exact) mass is 312 g/mol. The lowest BCUT2D eigenvalue weighted by Crippen LogP contribution is -2.18. The summed E-state index contributed by atoms with van der Waals surface area (Å²) in [4.78, 5) is 20.8. The predicted molar refractivity (Wildman–Crippen MR) is 82.2 cm³/mol. The molecule has 0 spiro atoms. The molecule has 3 aromatic rings. The maximum atomic E-state index is 12.1. The van der Waals surface area contributed by atoms with E-state index in [0.717, 1.165) is 11.4 Å². The van der Waals surface area contributed by atoms with Crippen LogP contribution in [0.15, 0.2) is 29.0 Å². The second-order valence-corrected chi connectivity index (χ2v) is 5.21. The third-order valence-electron chi connectivity index (χ3n) is 3.10. The topological polar surface area (TPSA) is 98.7 Å². The molecule has 0 bridgehead atoms. The van der Waals surface area contributed by atoms with Gasteiger partial charge in [-0.05, 0) is 20.8 Å². The third-order valence-corrected chi connectivity index (χ3v) is 3.10. The Hall–Kier alpha value is -3.03. The molecule has 3 heterocycles. The van der Waals surface area contributed by atoms with Gasteiger partial charge in [0.1, 0.15) is 17.9 Å². The summed E-state index contributed by atoms with van der Waals surface area (Å²) in [6.07, 6.45) is 1.56. The largest absolute Gasteiger partial charge is 0.364 e. The van der Waals surface area contributed by atoms with E-state index in [1.807, 2.05) is 26.8 Å². The number of nitrogens with zero attached hydrogens (tertiary/aromatic N) is 5. The van der Waals surface area contributed by atoms with Crippen LogP contribution in [0.2, 0.25) is 0 Å². The first-order valence-corrected chi connectivity index (χ1v) is 7.10. The molecule has 3 aromatic heterocycles. The summed E-state index contributed by atoms with van der Waals surface area (Å²) in [5.41, 5.74) is 2.18. The third kappa shape index (κ3) is 3.42. The van der Waals surface area contributed by atoms with Crippen molar-refractivity contribution in [1.82, 2.24) is 24.9 Å². The molecule has 0 radical (unpaired) electrons. The van der Waals surface area contributed by atoms with Crippen LogP contribution in [0.5, 0.6) is 0 Å². The quantitative estimate of drug-likeness (QED) is 0.788. The number of rotatable bonds is 4. The molecule has 118 valence electrons. The number of carbonyl (C=O) groups excluding carboxylic acids is 1. The fourth-order valence-corrected chi connectivity index (χ4v) is 2.25. The molecule has 0 atom stereocenters. The number of aryl methyl sites for hydroxylation is 3. The lowest BCUT2D eigenvalue weighted by atomic mass is 10.3. The Balaban J connectivity index is 1.87. The minimum Gasteiger partial charge on any atom is -0.364 e. The zero-order valence-corrected chi connectivity index (χ0v) is 13.1. The number of hydrogen-bond donors (Lipinski definition) is 1. The molecule has 23 heavy (non-hydrogen) atoms. The highest BCUT2D eigenvalue weighted by Gasteiger charge is 2.14. The van der Waals surface area contributed by atoms with Gasteiger partial charge in [-0.1, -0.05) is 5.16 Å². The van der Waals surface area contributed by atoms with E-state index in [9.17, 15) is 4.79 Å². The van der Waals surface area contributed by atoms with Crippen LogP contribution < -0.4 is 5.32 Å². The van der Waals surface area contributed by atoms with Crippen molar-refractivity contribution in [3.05, 3.63) is 47.4 Å². The lowest BCUT2D eigenvalue weighted by molar-refractivity contribution is -0.115. The fraction of sp³-hybridized carbons (Fsp3) is 0.267. The predicted octanol–water partition coefficient (Wildman–Crippen LogP) is 1.76. The summed E-state index contributed by atoms with van der Waals surface area (Å²) in [7, 11) is 0. The van der Waals surface area contributed by atoms with Gasteiger partial charge in [0.25, 0.3) is 0 Å². The molecule has 0 aliphatic carbocycles. The summed E-state index contributed by atoms with van der Waals surface area (Å²) >= 11 is 0. The van der Waals surface area contributed by atoms with Gasteiger partial charge in [-0.2, -0.15) is 9.78 Å². The Morgan fingerprint density at radius 2 is 2.04 bits per heavy atom. The van der Waals surface area contributed by atoms with Gasteiger partial charge in [-0.15, -0.1) is 0 Å². The highest BCUT2D eigenvalue weighted by Crippen LogP contribution is 2.16. The minimum atomic E-state index is -0.206. The van der Waals surface area contributed by atoms with E-state index in [4.69, 9.17) is 4.52 Å². The van der Waals surface area contributed by atoms with E-state index in [1.165, 1.54) is 6.26 Å². The van der Waals surface area contributed by atoms with E-state index in [-0.39, 0.29) is 12.3 Å². The van der Waals surface area contributed by atoms with Gasteiger partial charge in [-0.3, -0.25) is 4.79 Å². The number of hydrogen-bond acceptors (Lipinski definition) is 6. The Morgan fingerprint density at radius 3 is 2.74 bits per heavy atom. The van der Waals surface area contributed by atoms with Crippen molar-refractivity contribution >= 4 is 11.7 Å². The van der Waals surface area contributed by atoms with Crippen LogP contribution in [0.3, 0.4) is 0 Å². The molecule has 0 unspecified atom stereocenters. The summed E-state index contributed by atoms with van der Waals surface area (Å²) in [5, 5.41) is 10.9. The van der Waals surface area contributed by atoms with Crippen molar-refractivity contribution in [3.8, 4) is 5.82 Å². The summed E-state index contributed by atoms with van der Waals surface area (Å²) in [6, 6.07) is 5.25. The van der Waals surface area contributed by atoms with E-state index in [1.54, 1.807) is 16.8 Å². The van der Waals surface area contributed by atoms with E-state index < -0.39 is 0 Å². The van der Waals surface area contributed by atoms with Crippen molar-refractivity contribution in [2.24, 2.45) is 0 Å². The first kappa shape index (κ1) is 14.9. The Morgan fingerprint density at radius 1 is 1.22 bits per heavy atom. The van der Waals surface area contributed by atoms with Crippen LogP contribution >= 0.6 is 0 Å². The van der Waals surface area contributed by atoms with Gasteiger partial charge in [0, 0.05) is 23.9 Å². The minimum absolute atomic E-state index is 0.128. The number of nitrogens with one attached hydrogen (secondary N) is 1. The van der Waals surface area contributed by atoms with Crippen molar-refractivity contribution < 1.29 is 9.32 Å². The normalized spacial score (nSPS) is 10.7. The average Bonchev–Trinajstić information content (AvgIpc) is 3.07. The van der Waals surface area contributed by atoms with Crippen LogP contribution in [0.4, 0.5) is 5.82 Å². The van der Waals surface area contributed by atoms with Crippen LogP contribution in [0.1, 0.15) is 22.9 Å². The van der Waals surface area contributed by atoms with Crippen LogP contribution in [0.25, 0.3) is 5.82 Å². The van der Waals surface area contributed by atoms with Gasteiger partial charge in [0.2, 0.25) is 5.91 Å². The second-order valence-electron chi connectivity index (χ2n) is 5.21. The van der Waals surface area contributed by atoms with Gasteiger partial charge < -0.3 is 9.84 Å². The molecule has 0 saturated heterocycles. The second kappa shape index (κ2) is 5.99. The fourth-order valence-electron chi connectivity index (χ4n) is 2.25. The Bertz CT molecular complexity index is 818. The maximum absolute atomic E-state index is 12.1. The molecular weight excluding hydrogens is 296 g/mol. The number of anilines is 1. The molecule has 3 rings (SSSR count). The molecule has 1 N–H and O–H groups in total. The Kier molecular flexibility index (Phi) is 3.88. The van der Waals surface area contributed by atoms with Crippen molar-refractivity contribution in [3.63, 3.8) is 0 Å². The molecule has 0 aromatic carbocycles. The van der Waals surface area contributed by atoms with Gasteiger partial charge in [-0.25, -0.2) is 9.97 Å². The standard InChI is InChI=1S/C15H16N6O2/c1-9-6-13(17-11(3)16-9)21-14(7-10(2)19-21)18-15(22)8-12-4-5-23-20-12/h4-7H,8H2,1-3H3,(H,18,22). The van der Waals surface area contributed by atoms with Crippen molar-refractivity contribution in [2.75, 3.05) is 5.32 Å². The average molecular weight is 312 g/mol. The molecule has 1 amide bonds. The number of aromatic nitrogens is 5. The zero-order chi connectivity index (χ0) is 16.4. The number of amides is 1. The smallest absolute Gasteiger partial charge is 0.231 e. The van der Waals surface area contributed by atoms with Gasteiger partial charge in [0.05, 0.1) is 17.8 Å². The molecule has 0 saturated carbocycles. The first-order chi connectivity index (χ1) is 11.0. The lowest BCUT2D eigenvalue weighted by Gasteiger charge is -2.08. The first-order valence-electron chi connectivity index (χ1n) is 7.10. The van der Waals surface area contributed by atoms with E-state index in [2.05, 4.69) is 25.5 Å². The van der Waals surface area contributed by atoms with E-state index >= 15 is 0 Å². The SMILES string of the molecule is Cc1cc(-n2nc(C)cc2NC(=O)Cc2ccon2)nc(C)n1. The summed E-state index contributed by atoms with van der Waals surface area (Å²) in [5.74, 6) is 1.60. The molecule has 0 aliphatic rings. The van der Waals surface area contributed by atoms with Gasteiger partial charge in [0.15, 0.2) is 5.82 Å². The molecular formula is C15H16N6O2. The van der Waals surface area contributed by atoms with Gasteiger partial charge >= 0.3 is 0 Å². The highest BCUT2D eigenvalue weighted by atomic mass is 16.5.